The van der Waals surface area contributed by atoms with Gasteiger partial charge in [0.25, 0.3) is 10.0 Å². The van der Waals surface area contributed by atoms with Crippen LogP contribution in [0.5, 0.6) is 0 Å². The Morgan fingerprint density at radius 3 is 2.09 bits per heavy atom. The first kappa shape index (κ1) is 25.1. The minimum atomic E-state index is -3.95. The van der Waals surface area contributed by atoms with E-state index in [4.69, 9.17) is 0 Å². The van der Waals surface area contributed by atoms with Gasteiger partial charge < -0.3 is 9.80 Å². The Balaban J connectivity index is 1.52. The highest BCUT2D eigenvalue weighted by Crippen LogP contribution is 2.26. The molecule has 0 atom stereocenters. The number of amides is 1. The molecule has 0 unspecified atom stereocenters. The maximum atomic E-state index is 13.6. The lowest BCUT2D eigenvalue weighted by atomic mass is 10.2. The van der Waals surface area contributed by atoms with E-state index in [-0.39, 0.29) is 23.2 Å². The summed E-state index contributed by atoms with van der Waals surface area (Å²) < 4.78 is 41.6. The van der Waals surface area contributed by atoms with E-state index in [2.05, 4.69) is 4.90 Å². The van der Waals surface area contributed by atoms with E-state index in [9.17, 15) is 17.6 Å². The Labute approximate surface area is 210 Å². The number of hydrogen-bond acceptors (Lipinski definition) is 5. The van der Waals surface area contributed by atoms with Crippen LogP contribution in [0.2, 0.25) is 0 Å². The molecule has 1 aliphatic rings. The van der Waals surface area contributed by atoms with Gasteiger partial charge in [0.05, 0.1) is 10.6 Å². The van der Waals surface area contributed by atoms with Crippen LogP contribution in [0.25, 0.3) is 0 Å². The van der Waals surface area contributed by atoms with Gasteiger partial charge in [0, 0.05) is 36.8 Å². The van der Waals surface area contributed by atoms with Crippen molar-refractivity contribution in [1.29, 1.82) is 0 Å². The lowest BCUT2D eigenvalue weighted by Crippen LogP contribution is -2.52. The molecule has 184 valence electrons. The molecule has 1 fully saturated rings. The van der Waals surface area contributed by atoms with Crippen molar-refractivity contribution in [3.63, 3.8) is 0 Å². The van der Waals surface area contributed by atoms with E-state index >= 15 is 0 Å². The maximum Gasteiger partial charge on any atom is 0.264 e. The molecule has 3 aromatic rings. The highest BCUT2D eigenvalue weighted by molar-refractivity contribution is 7.98. The van der Waals surface area contributed by atoms with Gasteiger partial charge in [-0.2, -0.15) is 0 Å². The summed E-state index contributed by atoms with van der Waals surface area (Å²) in [6.07, 6.45) is 1.93. The molecular weight excluding hydrogens is 485 g/mol. The van der Waals surface area contributed by atoms with Crippen molar-refractivity contribution in [1.82, 2.24) is 4.90 Å². The van der Waals surface area contributed by atoms with Gasteiger partial charge in [-0.25, -0.2) is 12.8 Å². The zero-order valence-electron chi connectivity index (χ0n) is 19.7. The largest absolute Gasteiger partial charge is 0.368 e. The van der Waals surface area contributed by atoms with Crippen molar-refractivity contribution >= 4 is 39.1 Å². The van der Waals surface area contributed by atoms with Crippen LogP contribution in [0.1, 0.15) is 5.56 Å². The summed E-state index contributed by atoms with van der Waals surface area (Å²) in [7, 11) is -3.95. The minimum Gasteiger partial charge on any atom is -0.368 e. The predicted octanol–water partition coefficient (Wildman–Crippen LogP) is 4.40. The van der Waals surface area contributed by atoms with E-state index in [0.717, 1.165) is 16.1 Å². The van der Waals surface area contributed by atoms with Gasteiger partial charge in [0.2, 0.25) is 5.91 Å². The summed E-state index contributed by atoms with van der Waals surface area (Å²) in [5, 5.41) is 0. The lowest BCUT2D eigenvalue weighted by molar-refractivity contribution is -0.129. The van der Waals surface area contributed by atoms with Crippen molar-refractivity contribution in [2.75, 3.05) is 48.2 Å². The van der Waals surface area contributed by atoms with Crippen molar-refractivity contribution in [3.8, 4) is 0 Å². The van der Waals surface area contributed by atoms with E-state index < -0.39 is 10.0 Å². The molecule has 1 amide bonds. The molecule has 0 saturated carbocycles. The Morgan fingerprint density at radius 2 is 1.51 bits per heavy atom. The molecule has 1 heterocycles. The van der Waals surface area contributed by atoms with Crippen LogP contribution in [-0.4, -0.2) is 58.2 Å². The fourth-order valence-corrected chi connectivity index (χ4v) is 5.81. The molecular formula is C26H28FN3O3S2. The molecule has 0 aliphatic carbocycles. The first-order valence-electron chi connectivity index (χ1n) is 11.3. The number of rotatable bonds is 7. The van der Waals surface area contributed by atoms with E-state index in [0.29, 0.717) is 31.9 Å². The number of carbonyl (C=O) groups is 1. The van der Waals surface area contributed by atoms with Gasteiger partial charge in [-0.05, 0) is 73.8 Å². The Morgan fingerprint density at radius 1 is 0.914 bits per heavy atom. The Bertz CT molecular complexity index is 1260. The molecule has 35 heavy (non-hydrogen) atoms. The van der Waals surface area contributed by atoms with Gasteiger partial charge >= 0.3 is 0 Å². The summed E-state index contributed by atoms with van der Waals surface area (Å²) >= 11 is 1.53. The Kier molecular flexibility index (Phi) is 7.66. The molecule has 9 heteroatoms. The number of anilines is 2. The van der Waals surface area contributed by atoms with Crippen molar-refractivity contribution in [3.05, 3.63) is 84.2 Å². The molecule has 0 bridgehead atoms. The fourth-order valence-electron chi connectivity index (χ4n) is 3.99. The van der Waals surface area contributed by atoms with Crippen molar-refractivity contribution in [2.24, 2.45) is 0 Å². The third-order valence-corrected chi connectivity index (χ3v) is 8.60. The van der Waals surface area contributed by atoms with Crippen LogP contribution in [0.4, 0.5) is 15.8 Å². The molecule has 0 radical (unpaired) electrons. The highest BCUT2D eigenvalue weighted by Gasteiger charge is 2.30. The van der Waals surface area contributed by atoms with E-state index in [1.807, 2.05) is 25.3 Å². The molecule has 0 spiro atoms. The first-order chi connectivity index (χ1) is 16.8. The number of halogens is 1. The molecule has 4 rings (SSSR count). The second kappa shape index (κ2) is 10.7. The second-order valence-electron chi connectivity index (χ2n) is 8.37. The fraction of sp³-hybridized carbons (Fsp3) is 0.269. The smallest absolute Gasteiger partial charge is 0.264 e. The first-order valence-corrected chi connectivity index (χ1v) is 14.0. The van der Waals surface area contributed by atoms with Crippen molar-refractivity contribution < 1.29 is 17.6 Å². The average molecular weight is 514 g/mol. The predicted molar refractivity (Wildman–Crippen MR) is 139 cm³/mol. The van der Waals surface area contributed by atoms with Crippen LogP contribution >= 0.6 is 11.8 Å². The van der Waals surface area contributed by atoms with Gasteiger partial charge in [0.15, 0.2) is 0 Å². The van der Waals surface area contributed by atoms with Gasteiger partial charge in [-0.1, -0.05) is 17.7 Å². The van der Waals surface area contributed by atoms with Gasteiger partial charge in [0.1, 0.15) is 12.4 Å². The molecule has 6 nitrogen and oxygen atoms in total. The molecule has 0 aromatic heterocycles. The zero-order valence-corrected chi connectivity index (χ0v) is 21.4. The third-order valence-electron chi connectivity index (χ3n) is 6.07. The Hall–Kier alpha value is -3.04. The van der Waals surface area contributed by atoms with Crippen LogP contribution < -0.4 is 9.21 Å². The number of thioether (sulfide) groups is 1. The lowest BCUT2D eigenvalue weighted by Gasteiger charge is -2.37. The van der Waals surface area contributed by atoms with Crippen molar-refractivity contribution in [2.45, 2.75) is 16.7 Å². The van der Waals surface area contributed by atoms with Crippen LogP contribution in [0.15, 0.2) is 82.6 Å². The molecule has 1 saturated heterocycles. The third kappa shape index (κ3) is 5.79. The number of sulfonamides is 1. The maximum absolute atomic E-state index is 13.6. The van der Waals surface area contributed by atoms with Gasteiger partial charge in [-0.15, -0.1) is 11.8 Å². The quantitative estimate of drug-likeness (QED) is 0.439. The summed E-state index contributed by atoms with van der Waals surface area (Å²) in [4.78, 5) is 18.1. The van der Waals surface area contributed by atoms with Crippen LogP contribution in [-0.2, 0) is 14.8 Å². The summed E-state index contributed by atoms with van der Waals surface area (Å²) in [6, 6.07) is 20.1. The monoisotopic (exact) mass is 513 g/mol. The SMILES string of the molecule is CSc1ccc(S(=O)(=O)N(CC(=O)N2CCN(c3ccc(F)cc3)CC2)c2ccc(C)cc2)cc1. The van der Waals surface area contributed by atoms with E-state index in [1.165, 1.54) is 28.2 Å². The number of hydrogen-bond donors (Lipinski definition) is 0. The topological polar surface area (TPSA) is 60.9 Å². The number of nitrogens with zero attached hydrogens (tertiary/aromatic N) is 3. The summed E-state index contributed by atoms with van der Waals surface area (Å²) in [6.45, 7) is 3.73. The number of benzene rings is 3. The summed E-state index contributed by atoms with van der Waals surface area (Å²) in [5.74, 6) is -0.545. The molecule has 0 N–H and O–H groups in total. The summed E-state index contributed by atoms with van der Waals surface area (Å²) in [5.41, 5.74) is 2.34. The van der Waals surface area contributed by atoms with Crippen LogP contribution in [0.3, 0.4) is 0 Å². The molecule has 3 aromatic carbocycles. The van der Waals surface area contributed by atoms with E-state index in [1.54, 1.807) is 53.4 Å². The highest BCUT2D eigenvalue weighted by atomic mass is 32.2. The molecule has 1 aliphatic heterocycles. The second-order valence-corrected chi connectivity index (χ2v) is 11.1. The average Bonchev–Trinajstić information content (AvgIpc) is 2.88. The number of aryl methyl sites for hydroxylation is 1. The minimum absolute atomic E-state index is 0.143. The standard InChI is InChI=1S/C26H28FN3O3S2/c1-20-3-7-23(8-4-20)30(35(32,33)25-13-11-24(34-2)12-14-25)19-26(31)29-17-15-28(16-18-29)22-9-5-21(27)6-10-22/h3-14H,15-19H2,1-2H3. The zero-order chi connectivity index (χ0) is 25.0. The normalized spacial score (nSPS) is 14.1. The number of piperazine rings is 1. The number of carbonyl (C=O) groups excluding carboxylic acids is 1. The van der Waals surface area contributed by atoms with Gasteiger partial charge in [-0.3, -0.25) is 9.10 Å². The van der Waals surface area contributed by atoms with Crippen LogP contribution in [0, 0.1) is 12.7 Å².